The zero-order valence-electron chi connectivity index (χ0n) is 32.4. The SMILES string of the molecule is c1ccc(-c2nc(-c3ccccc3)nc(N(c3ccccc3)c3ccc(-c4ccc5ccc6cc7c(c8ccc4c5c68)c4ccccc4n7-c4ccccc4)cc3)n2)cc1. The Balaban J connectivity index is 1.02. The maximum Gasteiger partial charge on any atom is 0.238 e. The molecule has 0 aliphatic heterocycles. The maximum absolute atomic E-state index is 5.11. The van der Waals surface area contributed by atoms with E-state index in [0.717, 1.165) is 33.8 Å². The molecule has 0 saturated heterocycles. The number of aromatic nitrogens is 4. The van der Waals surface area contributed by atoms with E-state index in [2.05, 4.69) is 143 Å². The van der Waals surface area contributed by atoms with Gasteiger partial charge in [0.15, 0.2) is 11.6 Å². The predicted molar refractivity (Wildman–Crippen MR) is 249 cm³/mol. The molecule has 0 aliphatic rings. The van der Waals surface area contributed by atoms with E-state index in [1.807, 2.05) is 78.9 Å². The summed E-state index contributed by atoms with van der Waals surface area (Å²) in [5.74, 6) is 1.78. The van der Waals surface area contributed by atoms with Crippen LogP contribution in [0.2, 0.25) is 0 Å². The summed E-state index contributed by atoms with van der Waals surface area (Å²) in [5.41, 5.74) is 9.69. The van der Waals surface area contributed by atoms with Gasteiger partial charge in [-0.15, -0.1) is 0 Å². The van der Waals surface area contributed by atoms with Crippen LogP contribution < -0.4 is 4.90 Å². The lowest BCUT2D eigenvalue weighted by molar-refractivity contribution is 1.02. The minimum Gasteiger partial charge on any atom is -0.309 e. The minimum absolute atomic E-state index is 0.546. The second kappa shape index (κ2) is 13.8. The van der Waals surface area contributed by atoms with Crippen LogP contribution in [0.25, 0.3) is 93.7 Å². The van der Waals surface area contributed by atoms with Crippen LogP contribution >= 0.6 is 0 Å². The Hall–Kier alpha value is -8.15. The number of fused-ring (bicyclic) bond motifs is 4. The monoisotopic (exact) mass is 765 g/mol. The normalized spacial score (nSPS) is 11.7. The van der Waals surface area contributed by atoms with Crippen molar-refractivity contribution >= 4 is 71.4 Å². The third-order valence-electron chi connectivity index (χ3n) is 11.8. The van der Waals surface area contributed by atoms with Crippen molar-refractivity contribution < 1.29 is 0 Å². The largest absolute Gasteiger partial charge is 0.309 e. The summed E-state index contributed by atoms with van der Waals surface area (Å²) >= 11 is 0. The summed E-state index contributed by atoms with van der Waals surface area (Å²) in [6, 6.07) is 75.0. The average Bonchev–Trinajstić information content (AvgIpc) is 3.66. The molecular formula is C55H35N5. The molecule has 280 valence electrons. The molecule has 0 saturated carbocycles. The van der Waals surface area contributed by atoms with Crippen molar-refractivity contribution in [1.82, 2.24) is 19.5 Å². The van der Waals surface area contributed by atoms with E-state index < -0.39 is 0 Å². The van der Waals surface area contributed by atoms with Crippen LogP contribution in [0, 0.1) is 0 Å². The Morgan fingerprint density at radius 3 is 1.60 bits per heavy atom. The van der Waals surface area contributed by atoms with E-state index in [-0.39, 0.29) is 0 Å². The molecule has 2 aromatic heterocycles. The molecule has 0 aliphatic carbocycles. The Labute approximate surface area is 346 Å². The fraction of sp³-hybridized carbons (Fsp3) is 0. The Morgan fingerprint density at radius 1 is 0.350 bits per heavy atom. The lowest BCUT2D eigenvalue weighted by Crippen LogP contribution is -2.15. The topological polar surface area (TPSA) is 46.8 Å². The summed E-state index contributed by atoms with van der Waals surface area (Å²) in [5, 5.41) is 10.1. The van der Waals surface area contributed by atoms with Crippen molar-refractivity contribution in [3.05, 3.63) is 212 Å². The maximum atomic E-state index is 5.11. The molecule has 0 unspecified atom stereocenters. The molecule has 0 fully saturated rings. The van der Waals surface area contributed by atoms with Gasteiger partial charge in [-0.2, -0.15) is 9.97 Å². The number of anilines is 3. The fourth-order valence-corrected chi connectivity index (χ4v) is 9.08. The van der Waals surface area contributed by atoms with Crippen LogP contribution in [0.1, 0.15) is 0 Å². The fourth-order valence-electron chi connectivity index (χ4n) is 9.08. The Morgan fingerprint density at radius 2 is 0.900 bits per heavy atom. The number of rotatable bonds is 7. The van der Waals surface area contributed by atoms with Crippen LogP contribution in [0.3, 0.4) is 0 Å². The van der Waals surface area contributed by atoms with Gasteiger partial charge in [0.05, 0.1) is 11.0 Å². The summed E-state index contributed by atoms with van der Waals surface area (Å²) in [6.07, 6.45) is 0. The van der Waals surface area contributed by atoms with Crippen molar-refractivity contribution in [2.45, 2.75) is 0 Å². The highest BCUT2D eigenvalue weighted by atomic mass is 15.3. The number of hydrogen-bond donors (Lipinski definition) is 0. The van der Waals surface area contributed by atoms with Crippen LogP contribution in [-0.4, -0.2) is 19.5 Å². The summed E-state index contributed by atoms with van der Waals surface area (Å²) in [4.78, 5) is 17.3. The minimum atomic E-state index is 0.546. The first-order valence-electron chi connectivity index (χ1n) is 20.3. The summed E-state index contributed by atoms with van der Waals surface area (Å²) < 4.78 is 2.41. The molecule has 12 aromatic rings. The first kappa shape index (κ1) is 33.9. The van der Waals surface area contributed by atoms with Gasteiger partial charge in [-0.25, -0.2) is 4.98 Å². The standard InChI is InChI=1S/C55H35N5/c1-5-15-38(16-6-1)53-56-54(39-17-7-2-8-18-39)58-55(57-53)59(41-19-9-3-10-20-41)43-30-27-36(28-31-43)44-32-29-37-25-26-40-35-49-52(47-34-33-45(44)50(37)51(40)47)46-23-13-14-24-48(46)60(49)42-21-11-4-12-22-42/h1-35H. The van der Waals surface area contributed by atoms with E-state index in [0.29, 0.717) is 17.6 Å². The number of nitrogens with zero attached hydrogens (tertiary/aromatic N) is 5. The van der Waals surface area contributed by atoms with Gasteiger partial charge in [0.25, 0.3) is 0 Å². The average molecular weight is 766 g/mol. The molecule has 5 nitrogen and oxygen atoms in total. The van der Waals surface area contributed by atoms with Crippen molar-refractivity contribution in [2.24, 2.45) is 0 Å². The van der Waals surface area contributed by atoms with Gasteiger partial charge < -0.3 is 4.57 Å². The molecule has 10 aromatic carbocycles. The van der Waals surface area contributed by atoms with Crippen LogP contribution in [0.5, 0.6) is 0 Å². The zero-order chi connectivity index (χ0) is 39.6. The smallest absolute Gasteiger partial charge is 0.238 e. The lowest BCUT2D eigenvalue weighted by Gasteiger charge is -2.24. The first-order chi connectivity index (χ1) is 29.8. The molecule has 60 heavy (non-hydrogen) atoms. The highest BCUT2D eigenvalue weighted by molar-refractivity contribution is 6.34. The van der Waals surface area contributed by atoms with E-state index in [4.69, 9.17) is 15.0 Å². The van der Waals surface area contributed by atoms with Crippen LogP contribution in [-0.2, 0) is 0 Å². The van der Waals surface area contributed by atoms with Gasteiger partial charge in [0, 0.05) is 39.0 Å². The van der Waals surface area contributed by atoms with Gasteiger partial charge in [-0.1, -0.05) is 164 Å². The van der Waals surface area contributed by atoms with Gasteiger partial charge in [0.2, 0.25) is 5.95 Å². The number of hydrogen-bond acceptors (Lipinski definition) is 4. The van der Waals surface area contributed by atoms with Gasteiger partial charge in [0.1, 0.15) is 0 Å². The van der Waals surface area contributed by atoms with Crippen LogP contribution in [0.4, 0.5) is 17.3 Å². The Bertz CT molecular complexity index is 3450. The lowest BCUT2D eigenvalue weighted by atomic mass is 9.88. The molecule has 0 bridgehead atoms. The molecule has 0 radical (unpaired) electrons. The molecule has 0 spiro atoms. The van der Waals surface area contributed by atoms with Crippen molar-refractivity contribution in [3.63, 3.8) is 0 Å². The third-order valence-corrected chi connectivity index (χ3v) is 11.8. The van der Waals surface area contributed by atoms with E-state index in [9.17, 15) is 0 Å². The molecule has 12 rings (SSSR count). The van der Waals surface area contributed by atoms with E-state index in [1.54, 1.807) is 0 Å². The van der Waals surface area contributed by atoms with Crippen molar-refractivity contribution in [3.8, 4) is 39.6 Å². The number of benzene rings is 10. The van der Waals surface area contributed by atoms with Gasteiger partial charge in [-0.05, 0) is 92.0 Å². The Kier molecular flexibility index (Phi) is 7.78. The molecule has 5 heteroatoms. The molecule has 0 amide bonds. The second-order valence-electron chi connectivity index (χ2n) is 15.2. The predicted octanol–water partition coefficient (Wildman–Crippen LogP) is 14.3. The van der Waals surface area contributed by atoms with E-state index >= 15 is 0 Å². The molecular weight excluding hydrogens is 731 g/mol. The second-order valence-corrected chi connectivity index (χ2v) is 15.2. The van der Waals surface area contributed by atoms with Gasteiger partial charge in [-0.3, -0.25) is 4.90 Å². The summed E-state index contributed by atoms with van der Waals surface area (Å²) in [7, 11) is 0. The molecule has 0 atom stereocenters. The molecule has 0 N–H and O–H groups in total. The van der Waals surface area contributed by atoms with Crippen molar-refractivity contribution in [2.75, 3.05) is 4.90 Å². The zero-order valence-corrected chi connectivity index (χ0v) is 32.4. The van der Waals surface area contributed by atoms with Crippen molar-refractivity contribution in [1.29, 1.82) is 0 Å². The quantitative estimate of drug-likeness (QED) is 0.152. The van der Waals surface area contributed by atoms with E-state index in [1.165, 1.54) is 59.7 Å². The molecule has 2 heterocycles. The highest BCUT2D eigenvalue weighted by Crippen LogP contribution is 2.45. The van der Waals surface area contributed by atoms with Crippen LogP contribution in [0.15, 0.2) is 212 Å². The highest BCUT2D eigenvalue weighted by Gasteiger charge is 2.22. The number of para-hydroxylation sites is 3. The summed E-state index contributed by atoms with van der Waals surface area (Å²) in [6.45, 7) is 0. The third kappa shape index (κ3) is 5.44. The van der Waals surface area contributed by atoms with Gasteiger partial charge >= 0.3 is 0 Å². The first-order valence-corrected chi connectivity index (χ1v) is 20.3.